The molecular formula is C21H25NO3. The number of carbonyl (C=O) groups excluding carboxylic acids is 1. The van der Waals surface area contributed by atoms with Crippen LogP contribution in [0.15, 0.2) is 48.5 Å². The Kier molecular flexibility index (Phi) is 4.98. The van der Waals surface area contributed by atoms with Crippen LogP contribution in [0.3, 0.4) is 0 Å². The quantitative estimate of drug-likeness (QED) is 0.873. The van der Waals surface area contributed by atoms with Gasteiger partial charge in [0.2, 0.25) is 0 Å². The minimum absolute atomic E-state index is 0.0122. The minimum Gasteiger partial charge on any atom is -0.483 e. The van der Waals surface area contributed by atoms with E-state index in [2.05, 4.69) is 38.2 Å². The Morgan fingerprint density at radius 1 is 1.20 bits per heavy atom. The van der Waals surface area contributed by atoms with Crippen LogP contribution in [0, 0.1) is 0 Å². The summed E-state index contributed by atoms with van der Waals surface area (Å²) in [5, 5.41) is 2.93. The Labute approximate surface area is 149 Å². The van der Waals surface area contributed by atoms with Crippen molar-refractivity contribution in [1.82, 2.24) is 5.32 Å². The summed E-state index contributed by atoms with van der Waals surface area (Å²) >= 11 is 0. The van der Waals surface area contributed by atoms with Crippen molar-refractivity contribution in [2.75, 3.05) is 13.2 Å². The first kappa shape index (κ1) is 17.3. The number of amides is 1. The number of rotatable bonds is 6. The molecule has 0 aromatic heterocycles. The van der Waals surface area contributed by atoms with Crippen molar-refractivity contribution in [2.24, 2.45) is 0 Å². The maximum atomic E-state index is 12.1. The SMILES string of the molecule is CC(CNC(=O)COc1cccc2c1OC(C)(C)C2)c1ccccc1. The van der Waals surface area contributed by atoms with Gasteiger partial charge in [0.15, 0.2) is 18.1 Å². The van der Waals surface area contributed by atoms with Crippen LogP contribution < -0.4 is 14.8 Å². The summed E-state index contributed by atoms with van der Waals surface area (Å²) in [6.45, 7) is 6.77. The number of nitrogens with one attached hydrogen (secondary N) is 1. The van der Waals surface area contributed by atoms with E-state index >= 15 is 0 Å². The Bertz CT molecular complexity index is 740. The fraction of sp³-hybridized carbons (Fsp3) is 0.381. The Hall–Kier alpha value is -2.49. The third-order valence-electron chi connectivity index (χ3n) is 4.39. The van der Waals surface area contributed by atoms with E-state index in [4.69, 9.17) is 9.47 Å². The molecule has 3 rings (SSSR count). The van der Waals surface area contributed by atoms with Gasteiger partial charge in [-0.25, -0.2) is 0 Å². The molecule has 0 saturated carbocycles. The van der Waals surface area contributed by atoms with Gasteiger partial charge >= 0.3 is 0 Å². The van der Waals surface area contributed by atoms with Crippen molar-refractivity contribution in [3.8, 4) is 11.5 Å². The Balaban J connectivity index is 1.51. The van der Waals surface area contributed by atoms with Crippen LogP contribution in [0.4, 0.5) is 0 Å². The van der Waals surface area contributed by atoms with E-state index in [1.165, 1.54) is 5.56 Å². The average molecular weight is 339 g/mol. The molecule has 2 aromatic rings. The van der Waals surface area contributed by atoms with E-state index in [0.717, 1.165) is 17.7 Å². The molecule has 0 bridgehead atoms. The lowest BCUT2D eigenvalue weighted by Gasteiger charge is -2.18. The molecule has 1 N–H and O–H groups in total. The molecule has 0 fully saturated rings. The topological polar surface area (TPSA) is 47.6 Å². The zero-order valence-corrected chi connectivity index (χ0v) is 15.0. The van der Waals surface area contributed by atoms with Crippen LogP contribution in [-0.4, -0.2) is 24.7 Å². The third-order valence-corrected chi connectivity index (χ3v) is 4.39. The summed E-state index contributed by atoms with van der Waals surface area (Å²) in [6.07, 6.45) is 0.848. The molecule has 0 spiro atoms. The summed E-state index contributed by atoms with van der Waals surface area (Å²) in [4.78, 5) is 12.1. The van der Waals surface area contributed by atoms with Gasteiger partial charge in [0.25, 0.3) is 5.91 Å². The number of benzene rings is 2. The molecule has 4 heteroatoms. The summed E-state index contributed by atoms with van der Waals surface area (Å²) in [7, 11) is 0. The zero-order chi connectivity index (χ0) is 17.9. The molecule has 0 saturated heterocycles. The number of ether oxygens (including phenoxy) is 2. The van der Waals surface area contributed by atoms with Gasteiger partial charge in [-0.3, -0.25) is 4.79 Å². The molecule has 1 aliphatic heterocycles. The summed E-state index contributed by atoms with van der Waals surface area (Å²) < 4.78 is 11.7. The first-order valence-electron chi connectivity index (χ1n) is 8.70. The lowest BCUT2D eigenvalue weighted by molar-refractivity contribution is -0.123. The van der Waals surface area contributed by atoms with Crippen LogP contribution in [0.5, 0.6) is 11.5 Å². The first-order chi connectivity index (χ1) is 11.9. The van der Waals surface area contributed by atoms with Gasteiger partial charge in [-0.15, -0.1) is 0 Å². The number of fused-ring (bicyclic) bond motifs is 1. The first-order valence-corrected chi connectivity index (χ1v) is 8.70. The predicted octanol–water partition coefficient (Wildman–Crippen LogP) is 3.70. The van der Waals surface area contributed by atoms with Gasteiger partial charge in [-0.05, 0) is 31.4 Å². The van der Waals surface area contributed by atoms with Crippen molar-refractivity contribution in [1.29, 1.82) is 0 Å². The van der Waals surface area contributed by atoms with Crippen molar-refractivity contribution in [3.05, 3.63) is 59.7 Å². The van der Waals surface area contributed by atoms with E-state index in [0.29, 0.717) is 12.3 Å². The number of para-hydroxylation sites is 1. The van der Waals surface area contributed by atoms with E-state index in [1.807, 2.05) is 36.4 Å². The van der Waals surface area contributed by atoms with E-state index < -0.39 is 0 Å². The molecule has 1 amide bonds. The van der Waals surface area contributed by atoms with Crippen LogP contribution in [0.1, 0.15) is 37.8 Å². The highest BCUT2D eigenvalue weighted by Gasteiger charge is 2.32. The van der Waals surface area contributed by atoms with E-state index in [1.54, 1.807) is 0 Å². The third kappa shape index (κ3) is 4.32. The molecule has 25 heavy (non-hydrogen) atoms. The van der Waals surface area contributed by atoms with Crippen LogP contribution in [-0.2, 0) is 11.2 Å². The highest BCUT2D eigenvalue weighted by molar-refractivity contribution is 5.77. The second kappa shape index (κ2) is 7.18. The molecule has 0 radical (unpaired) electrons. The molecular weight excluding hydrogens is 314 g/mol. The molecule has 1 aliphatic rings. The lowest BCUT2D eigenvalue weighted by Crippen LogP contribution is -2.32. The predicted molar refractivity (Wildman–Crippen MR) is 98.2 cm³/mol. The van der Waals surface area contributed by atoms with Gasteiger partial charge in [0.05, 0.1) is 0 Å². The molecule has 132 valence electrons. The normalized spacial score (nSPS) is 15.8. The number of carbonyl (C=O) groups is 1. The molecule has 1 heterocycles. The molecule has 2 aromatic carbocycles. The van der Waals surface area contributed by atoms with Gasteiger partial charge in [0.1, 0.15) is 5.60 Å². The smallest absolute Gasteiger partial charge is 0.257 e. The zero-order valence-electron chi connectivity index (χ0n) is 15.0. The fourth-order valence-corrected chi connectivity index (χ4v) is 3.06. The second-order valence-electron chi connectivity index (χ2n) is 7.19. The van der Waals surface area contributed by atoms with Gasteiger partial charge < -0.3 is 14.8 Å². The molecule has 4 nitrogen and oxygen atoms in total. The summed E-state index contributed by atoms with van der Waals surface area (Å²) in [6, 6.07) is 16.0. The summed E-state index contributed by atoms with van der Waals surface area (Å²) in [5.41, 5.74) is 2.11. The highest BCUT2D eigenvalue weighted by atomic mass is 16.5. The van der Waals surface area contributed by atoms with Gasteiger partial charge in [-0.2, -0.15) is 0 Å². The van der Waals surface area contributed by atoms with Gasteiger partial charge in [0, 0.05) is 18.5 Å². The number of hydrogen-bond donors (Lipinski definition) is 1. The molecule has 1 unspecified atom stereocenters. The Morgan fingerprint density at radius 3 is 2.72 bits per heavy atom. The Morgan fingerprint density at radius 2 is 1.96 bits per heavy atom. The molecule has 0 aliphatic carbocycles. The maximum Gasteiger partial charge on any atom is 0.257 e. The van der Waals surface area contributed by atoms with Crippen molar-refractivity contribution >= 4 is 5.91 Å². The van der Waals surface area contributed by atoms with Crippen molar-refractivity contribution < 1.29 is 14.3 Å². The van der Waals surface area contributed by atoms with Gasteiger partial charge in [-0.1, -0.05) is 49.4 Å². The van der Waals surface area contributed by atoms with Crippen LogP contribution >= 0.6 is 0 Å². The highest BCUT2D eigenvalue weighted by Crippen LogP contribution is 2.41. The summed E-state index contributed by atoms with van der Waals surface area (Å²) in [5.74, 6) is 1.53. The average Bonchev–Trinajstić information content (AvgIpc) is 2.93. The monoisotopic (exact) mass is 339 g/mol. The van der Waals surface area contributed by atoms with E-state index in [9.17, 15) is 4.79 Å². The van der Waals surface area contributed by atoms with Crippen LogP contribution in [0.25, 0.3) is 0 Å². The molecule has 1 atom stereocenters. The fourth-order valence-electron chi connectivity index (χ4n) is 3.06. The van der Waals surface area contributed by atoms with E-state index in [-0.39, 0.29) is 24.0 Å². The number of hydrogen-bond acceptors (Lipinski definition) is 3. The van der Waals surface area contributed by atoms with Crippen molar-refractivity contribution in [2.45, 2.75) is 38.7 Å². The second-order valence-corrected chi connectivity index (χ2v) is 7.19. The lowest BCUT2D eigenvalue weighted by atomic mass is 10.0. The standard InChI is InChI=1S/C21H25NO3/c1-15(16-8-5-4-6-9-16)13-22-19(23)14-24-18-11-7-10-17-12-21(2,3)25-20(17)18/h4-11,15H,12-14H2,1-3H3,(H,22,23). The van der Waals surface area contributed by atoms with Crippen LogP contribution in [0.2, 0.25) is 0 Å². The largest absolute Gasteiger partial charge is 0.483 e. The van der Waals surface area contributed by atoms with Crippen molar-refractivity contribution in [3.63, 3.8) is 0 Å². The minimum atomic E-state index is -0.227. The maximum absolute atomic E-state index is 12.1.